The van der Waals surface area contributed by atoms with Gasteiger partial charge in [-0.3, -0.25) is 0 Å². The molecule has 2 N–H and O–H groups in total. The van der Waals surface area contributed by atoms with Gasteiger partial charge in [-0.2, -0.15) is 0 Å². The van der Waals surface area contributed by atoms with Crippen LogP contribution in [0.1, 0.15) is 49.3 Å². The van der Waals surface area contributed by atoms with Crippen molar-refractivity contribution in [1.29, 1.82) is 0 Å². The Bertz CT molecular complexity index is 542. The number of thioether (sulfide) groups is 1. The van der Waals surface area contributed by atoms with Crippen molar-refractivity contribution in [2.45, 2.75) is 49.4 Å². The van der Waals surface area contributed by atoms with E-state index in [9.17, 15) is 10.2 Å². The summed E-state index contributed by atoms with van der Waals surface area (Å²) in [5.41, 5.74) is 0.333. The maximum Gasteiger partial charge on any atom is 0.0750 e. The number of benzene rings is 2. The molecule has 2 aromatic rings. The number of hydrogen-bond donors (Lipinski definition) is 2. The lowest BCUT2D eigenvalue weighted by Crippen LogP contribution is -2.32. The molecule has 0 aliphatic rings. The van der Waals surface area contributed by atoms with Gasteiger partial charge in [0.15, 0.2) is 0 Å². The maximum atomic E-state index is 10.7. The molecular weight excluding hydrogens is 304 g/mol. The molecule has 0 aromatic heterocycles. The van der Waals surface area contributed by atoms with E-state index in [1.807, 2.05) is 88.4 Å². The van der Waals surface area contributed by atoms with E-state index in [0.29, 0.717) is 0 Å². The van der Waals surface area contributed by atoms with Crippen molar-refractivity contribution in [2.75, 3.05) is 0 Å². The predicted octanol–water partition coefficient (Wildman–Crippen LogP) is 4.74. The Morgan fingerprint density at radius 2 is 0.957 bits per heavy atom. The standard InChI is InChI=1S/C20H26O2S/c1-19(2,21)17(15-11-7-5-8-12-15)23-18(20(3,4)22)16-13-9-6-10-14-16/h5-14,17-18,21-22H,1-4H3. The van der Waals surface area contributed by atoms with Gasteiger partial charge in [-0.25, -0.2) is 0 Å². The molecule has 2 unspecified atom stereocenters. The Kier molecular flexibility index (Phi) is 5.56. The summed E-state index contributed by atoms with van der Waals surface area (Å²) in [6.45, 7) is 7.29. The summed E-state index contributed by atoms with van der Waals surface area (Å²) in [4.78, 5) is 0. The molecule has 2 aromatic carbocycles. The van der Waals surface area contributed by atoms with Crippen molar-refractivity contribution in [3.63, 3.8) is 0 Å². The molecule has 2 atom stereocenters. The van der Waals surface area contributed by atoms with Crippen LogP contribution in [0.25, 0.3) is 0 Å². The molecule has 0 aliphatic carbocycles. The first-order valence-corrected chi connectivity index (χ1v) is 8.84. The fraction of sp³-hybridized carbons (Fsp3) is 0.400. The number of aliphatic hydroxyl groups is 2. The third kappa shape index (κ3) is 4.84. The van der Waals surface area contributed by atoms with Crippen LogP contribution >= 0.6 is 11.8 Å². The monoisotopic (exact) mass is 330 g/mol. The van der Waals surface area contributed by atoms with Gasteiger partial charge >= 0.3 is 0 Å². The molecular formula is C20H26O2S. The van der Waals surface area contributed by atoms with Gasteiger partial charge < -0.3 is 10.2 Å². The van der Waals surface area contributed by atoms with E-state index in [2.05, 4.69) is 0 Å². The molecule has 0 bridgehead atoms. The molecule has 0 spiro atoms. The summed E-state index contributed by atoms with van der Waals surface area (Å²) in [5.74, 6) is 0. The zero-order valence-electron chi connectivity index (χ0n) is 14.2. The predicted molar refractivity (Wildman–Crippen MR) is 98.6 cm³/mol. The molecule has 0 fully saturated rings. The molecule has 0 amide bonds. The summed E-state index contributed by atoms with van der Waals surface area (Å²) in [6.07, 6.45) is 0. The quantitative estimate of drug-likeness (QED) is 0.803. The smallest absolute Gasteiger partial charge is 0.0750 e. The highest BCUT2D eigenvalue weighted by molar-refractivity contribution is 7.99. The summed E-state index contributed by atoms with van der Waals surface area (Å²) in [7, 11) is 0. The second kappa shape index (κ2) is 7.08. The van der Waals surface area contributed by atoms with Crippen LogP contribution in [-0.2, 0) is 0 Å². The maximum absolute atomic E-state index is 10.7. The summed E-state index contributed by atoms with van der Waals surface area (Å²) in [6, 6.07) is 20.0. The lowest BCUT2D eigenvalue weighted by Gasteiger charge is -2.37. The van der Waals surface area contributed by atoms with Crippen molar-refractivity contribution >= 4 is 11.8 Å². The van der Waals surface area contributed by atoms with Crippen molar-refractivity contribution < 1.29 is 10.2 Å². The van der Waals surface area contributed by atoms with Gasteiger partial charge in [0.2, 0.25) is 0 Å². The second-order valence-electron chi connectivity index (χ2n) is 7.02. The molecule has 0 saturated carbocycles. The average molecular weight is 330 g/mol. The second-order valence-corrected chi connectivity index (χ2v) is 8.24. The van der Waals surface area contributed by atoms with E-state index >= 15 is 0 Å². The first kappa shape index (κ1) is 18.1. The third-order valence-electron chi connectivity index (χ3n) is 3.76. The van der Waals surface area contributed by atoms with E-state index in [1.165, 1.54) is 0 Å². The minimum atomic E-state index is -0.899. The Labute approximate surface area is 143 Å². The largest absolute Gasteiger partial charge is 0.389 e. The highest BCUT2D eigenvalue weighted by Crippen LogP contribution is 2.50. The highest BCUT2D eigenvalue weighted by atomic mass is 32.2. The molecule has 0 aliphatic heterocycles. The van der Waals surface area contributed by atoms with Crippen LogP contribution in [0.5, 0.6) is 0 Å². The molecule has 2 rings (SSSR count). The van der Waals surface area contributed by atoms with Crippen LogP contribution in [-0.4, -0.2) is 21.4 Å². The molecule has 124 valence electrons. The first-order chi connectivity index (χ1) is 10.7. The van der Waals surface area contributed by atoms with E-state index in [0.717, 1.165) is 11.1 Å². The summed E-state index contributed by atoms with van der Waals surface area (Å²) in [5, 5.41) is 21.1. The molecule has 0 radical (unpaired) electrons. The summed E-state index contributed by atoms with van der Waals surface area (Å²) >= 11 is 1.61. The van der Waals surface area contributed by atoms with Crippen molar-refractivity contribution in [1.82, 2.24) is 0 Å². The molecule has 2 nitrogen and oxygen atoms in total. The van der Waals surface area contributed by atoms with Crippen LogP contribution in [0.15, 0.2) is 60.7 Å². The summed E-state index contributed by atoms with van der Waals surface area (Å²) < 4.78 is 0. The fourth-order valence-corrected chi connectivity index (χ4v) is 4.26. The lowest BCUT2D eigenvalue weighted by molar-refractivity contribution is 0.0689. The van der Waals surface area contributed by atoms with Crippen LogP contribution in [0.4, 0.5) is 0 Å². The molecule has 0 heterocycles. The Morgan fingerprint density at radius 3 is 1.22 bits per heavy atom. The van der Waals surface area contributed by atoms with Gasteiger partial charge in [0, 0.05) is 0 Å². The fourth-order valence-electron chi connectivity index (χ4n) is 2.70. The minimum absolute atomic E-state index is 0.139. The van der Waals surface area contributed by atoms with Gasteiger partial charge in [-0.1, -0.05) is 60.7 Å². The average Bonchev–Trinajstić information content (AvgIpc) is 2.47. The van der Waals surface area contributed by atoms with E-state index in [-0.39, 0.29) is 10.5 Å². The zero-order chi connectivity index (χ0) is 17.1. The van der Waals surface area contributed by atoms with Crippen LogP contribution in [0, 0.1) is 0 Å². The van der Waals surface area contributed by atoms with Gasteiger partial charge in [0.25, 0.3) is 0 Å². The van der Waals surface area contributed by atoms with Gasteiger partial charge in [0.1, 0.15) is 0 Å². The third-order valence-corrected chi connectivity index (χ3v) is 6.00. The lowest BCUT2D eigenvalue weighted by atomic mass is 9.97. The van der Waals surface area contributed by atoms with E-state index in [1.54, 1.807) is 11.8 Å². The van der Waals surface area contributed by atoms with Crippen molar-refractivity contribution in [3.8, 4) is 0 Å². The van der Waals surface area contributed by atoms with Gasteiger partial charge in [0.05, 0.1) is 21.7 Å². The highest BCUT2D eigenvalue weighted by Gasteiger charge is 2.37. The first-order valence-electron chi connectivity index (χ1n) is 7.89. The molecule has 3 heteroatoms. The minimum Gasteiger partial charge on any atom is -0.389 e. The molecule has 23 heavy (non-hydrogen) atoms. The van der Waals surface area contributed by atoms with E-state index in [4.69, 9.17) is 0 Å². The molecule has 0 saturated heterocycles. The normalized spacial score (nSPS) is 15.2. The zero-order valence-corrected chi connectivity index (χ0v) is 15.0. The number of hydrogen-bond acceptors (Lipinski definition) is 3. The van der Waals surface area contributed by atoms with Crippen LogP contribution in [0.2, 0.25) is 0 Å². The van der Waals surface area contributed by atoms with Gasteiger partial charge in [-0.05, 0) is 38.8 Å². The Balaban J connectivity index is 2.39. The Hall–Kier alpha value is -1.29. The van der Waals surface area contributed by atoms with E-state index < -0.39 is 11.2 Å². The SMILES string of the molecule is CC(C)(O)C(SC(c1ccccc1)C(C)(C)O)c1ccccc1. The Morgan fingerprint density at radius 1 is 0.652 bits per heavy atom. The van der Waals surface area contributed by atoms with Crippen molar-refractivity contribution in [2.24, 2.45) is 0 Å². The van der Waals surface area contributed by atoms with Crippen LogP contribution in [0.3, 0.4) is 0 Å². The van der Waals surface area contributed by atoms with Gasteiger partial charge in [-0.15, -0.1) is 11.8 Å². The van der Waals surface area contributed by atoms with Crippen molar-refractivity contribution in [3.05, 3.63) is 71.8 Å². The number of rotatable bonds is 6. The van der Waals surface area contributed by atoms with Crippen LogP contribution < -0.4 is 0 Å². The topological polar surface area (TPSA) is 40.5 Å².